The molecule has 100 valence electrons. The minimum absolute atomic E-state index is 0.0414. The summed E-state index contributed by atoms with van der Waals surface area (Å²) in [5, 5.41) is 17.3. The first-order valence-corrected chi connectivity index (χ1v) is 7.36. The number of carbonyl (C=O) groups is 1. The highest BCUT2D eigenvalue weighted by atomic mass is 32.2. The van der Waals surface area contributed by atoms with Gasteiger partial charge >= 0.3 is 5.97 Å². The van der Waals surface area contributed by atoms with Crippen LogP contribution in [0.25, 0.3) is 0 Å². The van der Waals surface area contributed by atoms with Gasteiger partial charge in [-0.15, -0.1) is 10.2 Å². The molecule has 5 nitrogen and oxygen atoms in total. The normalized spacial score (nSPS) is 24.1. The molecule has 0 aliphatic heterocycles. The molecule has 1 aliphatic rings. The maximum absolute atomic E-state index is 10.6. The fraction of sp³-hybridized carbons (Fsp3) is 0.750. The molecule has 0 radical (unpaired) electrons. The molecule has 2 rings (SSSR count). The van der Waals surface area contributed by atoms with Gasteiger partial charge in [-0.25, -0.2) is 0 Å². The average Bonchev–Trinajstić information content (AvgIpc) is 2.74. The van der Waals surface area contributed by atoms with Crippen molar-refractivity contribution >= 4 is 17.7 Å². The van der Waals surface area contributed by atoms with Gasteiger partial charge in [-0.1, -0.05) is 31.5 Å². The van der Waals surface area contributed by atoms with Crippen LogP contribution in [-0.2, 0) is 11.3 Å². The van der Waals surface area contributed by atoms with Gasteiger partial charge < -0.3 is 9.67 Å². The van der Waals surface area contributed by atoms with E-state index in [-0.39, 0.29) is 5.75 Å². The van der Waals surface area contributed by atoms with Crippen LogP contribution >= 0.6 is 11.8 Å². The summed E-state index contributed by atoms with van der Waals surface area (Å²) in [6.07, 6.45) is 6.85. The zero-order valence-electron chi connectivity index (χ0n) is 10.6. The van der Waals surface area contributed by atoms with Crippen molar-refractivity contribution in [3.63, 3.8) is 0 Å². The van der Waals surface area contributed by atoms with E-state index < -0.39 is 5.97 Å². The number of nitrogens with zero attached hydrogens (tertiary/aromatic N) is 3. The highest BCUT2D eigenvalue weighted by Gasteiger charge is 2.20. The number of thioether (sulfide) groups is 1. The van der Waals surface area contributed by atoms with Crippen molar-refractivity contribution in [3.05, 3.63) is 6.33 Å². The van der Waals surface area contributed by atoms with Crippen LogP contribution in [0.5, 0.6) is 0 Å². The Bertz CT molecular complexity index is 408. The third-order valence-electron chi connectivity index (χ3n) is 3.40. The molecule has 1 aromatic rings. The Hall–Kier alpha value is -1.04. The lowest BCUT2D eigenvalue weighted by Gasteiger charge is -2.27. The number of hydrogen-bond donors (Lipinski definition) is 1. The van der Waals surface area contributed by atoms with Crippen LogP contribution in [0.3, 0.4) is 0 Å². The van der Waals surface area contributed by atoms with E-state index in [1.165, 1.54) is 37.4 Å². The predicted octanol–water partition coefficient (Wildman–Crippen LogP) is 2.28. The Kier molecular flexibility index (Phi) is 4.63. The van der Waals surface area contributed by atoms with Crippen LogP contribution in [-0.4, -0.2) is 31.6 Å². The monoisotopic (exact) mass is 269 g/mol. The van der Waals surface area contributed by atoms with Crippen molar-refractivity contribution in [2.75, 3.05) is 5.75 Å². The van der Waals surface area contributed by atoms with E-state index in [0.29, 0.717) is 5.92 Å². The molecule has 1 aromatic heterocycles. The second-order valence-corrected chi connectivity index (χ2v) is 6.03. The topological polar surface area (TPSA) is 68.0 Å². The van der Waals surface area contributed by atoms with Crippen molar-refractivity contribution in [1.29, 1.82) is 0 Å². The first kappa shape index (κ1) is 13.4. The molecule has 2 unspecified atom stereocenters. The molecule has 0 spiro atoms. The van der Waals surface area contributed by atoms with E-state index >= 15 is 0 Å². The summed E-state index contributed by atoms with van der Waals surface area (Å²) in [5.74, 6) is 0.699. The second-order valence-electron chi connectivity index (χ2n) is 5.09. The Morgan fingerprint density at radius 1 is 1.61 bits per heavy atom. The second kappa shape index (κ2) is 6.22. The van der Waals surface area contributed by atoms with Gasteiger partial charge in [0.05, 0.1) is 5.75 Å². The fourth-order valence-corrected chi connectivity index (χ4v) is 3.26. The van der Waals surface area contributed by atoms with E-state index in [1.807, 2.05) is 4.57 Å². The molecular formula is C12H19N3O2S. The third-order valence-corrected chi connectivity index (χ3v) is 4.37. The molecule has 0 bridgehead atoms. The van der Waals surface area contributed by atoms with Gasteiger partial charge in [-0.05, 0) is 24.7 Å². The van der Waals surface area contributed by atoms with Crippen molar-refractivity contribution in [3.8, 4) is 0 Å². The highest BCUT2D eigenvalue weighted by Crippen LogP contribution is 2.30. The molecule has 1 heterocycles. The number of carboxylic acids is 1. The summed E-state index contributed by atoms with van der Waals surface area (Å²) < 4.78 is 2.00. The van der Waals surface area contributed by atoms with E-state index in [2.05, 4.69) is 17.1 Å². The zero-order chi connectivity index (χ0) is 13.0. The number of aliphatic carboxylic acids is 1. The molecule has 18 heavy (non-hydrogen) atoms. The molecule has 6 heteroatoms. The molecular weight excluding hydrogens is 250 g/mol. The molecule has 1 N–H and O–H groups in total. The largest absolute Gasteiger partial charge is 0.481 e. The molecule has 0 amide bonds. The predicted molar refractivity (Wildman–Crippen MR) is 69.5 cm³/mol. The SMILES string of the molecule is CC1CCCC(Cn2cnnc2SCC(=O)O)C1. The van der Waals surface area contributed by atoms with E-state index in [4.69, 9.17) is 5.11 Å². The summed E-state index contributed by atoms with van der Waals surface area (Å²) in [6.45, 7) is 3.22. The first-order valence-electron chi connectivity index (χ1n) is 6.37. The van der Waals surface area contributed by atoms with Crippen LogP contribution in [0.4, 0.5) is 0 Å². The van der Waals surface area contributed by atoms with Crippen LogP contribution in [0.2, 0.25) is 0 Å². The van der Waals surface area contributed by atoms with Gasteiger partial charge in [0.2, 0.25) is 0 Å². The zero-order valence-corrected chi connectivity index (χ0v) is 11.4. The van der Waals surface area contributed by atoms with Crippen LogP contribution in [0.15, 0.2) is 11.5 Å². The van der Waals surface area contributed by atoms with Gasteiger partial charge in [0.25, 0.3) is 0 Å². The lowest BCUT2D eigenvalue weighted by molar-refractivity contribution is -0.133. The lowest BCUT2D eigenvalue weighted by atomic mass is 9.82. The summed E-state index contributed by atoms with van der Waals surface area (Å²) in [5.41, 5.74) is 0. The van der Waals surface area contributed by atoms with Crippen LogP contribution < -0.4 is 0 Å². The van der Waals surface area contributed by atoms with E-state index in [9.17, 15) is 4.79 Å². The molecule has 1 saturated carbocycles. The first-order chi connectivity index (χ1) is 8.65. The standard InChI is InChI=1S/C12H19N3O2S/c1-9-3-2-4-10(5-9)6-15-8-13-14-12(15)18-7-11(16)17/h8-10H,2-7H2,1H3,(H,16,17). The number of rotatable bonds is 5. The highest BCUT2D eigenvalue weighted by molar-refractivity contribution is 7.99. The summed E-state index contributed by atoms with van der Waals surface area (Å²) >= 11 is 1.24. The molecule has 0 saturated heterocycles. The third kappa shape index (κ3) is 3.73. The lowest BCUT2D eigenvalue weighted by Crippen LogP contribution is -2.18. The van der Waals surface area contributed by atoms with Crippen LogP contribution in [0, 0.1) is 11.8 Å². The van der Waals surface area contributed by atoms with Crippen molar-refractivity contribution in [1.82, 2.24) is 14.8 Å². The summed E-state index contributed by atoms with van der Waals surface area (Å²) in [7, 11) is 0. The van der Waals surface area contributed by atoms with Gasteiger partial charge in [0, 0.05) is 6.54 Å². The van der Waals surface area contributed by atoms with Gasteiger partial charge in [-0.2, -0.15) is 0 Å². The molecule has 1 aliphatic carbocycles. The minimum Gasteiger partial charge on any atom is -0.481 e. The Morgan fingerprint density at radius 2 is 2.44 bits per heavy atom. The fourth-order valence-electron chi connectivity index (χ4n) is 2.61. The number of hydrogen-bond acceptors (Lipinski definition) is 4. The minimum atomic E-state index is -0.819. The maximum atomic E-state index is 10.6. The van der Waals surface area contributed by atoms with Crippen molar-refractivity contribution in [2.45, 2.75) is 44.3 Å². The molecule has 2 atom stereocenters. The van der Waals surface area contributed by atoms with Crippen LogP contribution in [0.1, 0.15) is 32.6 Å². The van der Waals surface area contributed by atoms with E-state index in [0.717, 1.165) is 17.6 Å². The molecule has 0 aromatic carbocycles. The quantitative estimate of drug-likeness (QED) is 0.831. The van der Waals surface area contributed by atoms with Gasteiger partial charge in [0.15, 0.2) is 5.16 Å². The Labute approximate surface area is 111 Å². The Balaban J connectivity index is 1.92. The van der Waals surface area contributed by atoms with E-state index in [1.54, 1.807) is 6.33 Å². The summed E-state index contributed by atoms with van der Waals surface area (Å²) in [4.78, 5) is 10.6. The average molecular weight is 269 g/mol. The Morgan fingerprint density at radius 3 is 3.17 bits per heavy atom. The number of carboxylic acid groups (broad SMARTS) is 1. The smallest absolute Gasteiger partial charge is 0.313 e. The number of aromatic nitrogens is 3. The van der Waals surface area contributed by atoms with Crippen molar-refractivity contribution in [2.24, 2.45) is 11.8 Å². The van der Waals surface area contributed by atoms with Crippen molar-refractivity contribution < 1.29 is 9.90 Å². The van der Waals surface area contributed by atoms with Gasteiger partial charge in [0.1, 0.15) is 6.33 Å². The maximum Gasteiger partial charge on any atom is 0.313 e. The van der Waals surface area contributed by atoms with Gasteiger partial charge in [-0.3, -0.25) is 4.79 Å². The molecule has 1 fully saturated rings. The summed E-state index contributed by atoms with van der Waals surface area (Å²) in [6, 6.07) is 0.